The van der Waals surface area contributed by atoms with Gasteiger partial charge in [-0.25, -0.2) is 0 Å². The molecule has 0 aromatic rings. The molecule has 93 heavy (non-hydrogen) atoms. The average Bonchev–Trinajstić information content (AvgIpc) is 0.788. The number of hydrogen-bond acceptors (Lipinski definition) is 41. The topological polar surface area (TPSA) is 620 Å². The van der Waals surface area contributed by atoms with Crippen molar-refractivity contribution in [3.63, 3.8) is 0 Å². The normalized spacial score (nSPS) is 51.8. The smallest absolute Gasteiger partial charge is 0.187 e. The van der Waals surface area contributed by atoms with E-state index < -0.39 is 292 Å². The number of ether oxygens (including phenoxy) is 19. The monoisotopic (exact) mass is 1370 g/mol. The zero-order valence-electron chi connectivity index (χ0n) is 50.3. The predicted octanol–water partition coefficient (Wildman–Crippen LogP) is -15.8. The van der Waals surface area contributed by atoms with Crippen LogP contribution in [0.1, 0.15) is 0 Å². The van der Waals surface area contributed by atoms with Gasteiger partial charge in [-0.2, -0.15) is 0 Å². The molecule has 544 valence electrons. The lowest BCUT2D eigenvalue weighted by molar-refractivity contribution is -0.399. The van der Waals surface area contributed by atoms with Gasteiger partial charge >= 0.3 is 0 Å². The Hall–Kier alpha value is -1.64. The second-order valence-electron chi connectivity index (χ2n) is 23.5. The van der Waals surface area contributed by atoms with Crippen LogP contribution in [0.25, 0.3) is 0 Å². The van der Waals surface area contributed by atoms with E-state index in [1.54, 1.807) is 0 Å². The van der Waals surface area contributed by atoms with E-state index in [-0.39, 0.29) is 6.61 Å². The first-order chi connectivity index (χ1) is 44.2. The standard InChI is InChI=1S/C52H90O41/c1-75-9-17-21(57)22(58)31(67)46(83-17)88-39-14(6-54)80-47(32(68)24(39)60)92-43-19(11-77-3)85-51(36(72)28(43)64)90-41-16(8-56)82-49(34(70)26(41)62)93-44-20(12-78-4)86-52(37(73)29(44)65)89-40-15(7-55)81-48(33(69)25(40)61)91-42-18(10-76-2)84-50(35(71)27(42)63)87-38-13(5-53)79-45(74)30(66)23(38)59/h13-74H,5-12H2,1-4H3/t13-,14-,15-,16-,17-,18-,19-,20-,21-,22+,23-,24+,25-,26-,27-,28-,29-,30-,31-,32-,33-,34-,35-,36-,37-,38-,39-,40-,41-,42-,43-,44-,45?,46-,47-,48-,49-,50-,51-,52-/m1/s1. The summed E-state index contributed by atoms with van der Waals surface area (Å²) in [6, 6.07) is 0. The molecule has 8 aliphatic heterocycles. The Labute approximate surface area is 528 Å². The highest BCUT2D eigenvalue weighted by Gasteiger charge is 2.59. The van der Waals surface area contributed by atoms with E-state index in [1.165, 1.54) is 28.4 Å². The Morgan fingerprint density at radius 2 is 0.387 bits per heavy atom. The van der Waals surface area contributed by atoms with E-state index in [1.807, 2.05) is 0 Å². The van der Waals surface area contributed by atoms with Crippen molar-refractivity contribution in [1.82, 2.24) is 0 Å². The third-order valence-electron chi connectivity index (χ3n) is 17.3. The van der Waals surface area contributed by atoms with Crippen LogP contribution in [0, 0.1) is 0 Å². The number of aliphatic hydroxyl groups is 22. The minimum atomic E-state index is -2.19. The number of rotatable bonds is 26. The van der Waals surface area contributed by atoms with Gasteiger partial charge in [-0.05, 0) is 0 Å². The van der Waals surface area contributed by atoms with E-state index in [9.17, 15) is 112 Å². The summed E-state index contributed by atoms with van der Waals surface area (Å²) < 4.78 is 107. The molecule has 1 unspecified atom stereocenters. The molecule has 0 radical (unpaired) electrons. The number of methoxy groups -OCH3 is 4. The summed E-state index contributed by atoms with van der Waals surface area (Å²) in [4.78, 5) is 0. The van der Waals surface area contributed by atoms with Crippen molar-refractivity contribution in [2.45, 2.75) is 246 Å². The quantitative estimate of drug-likeness (QED) is 0.0382. The summed E-state index contributed by atoms with van der Waals surface area (Å²) in [7, 11) is 4.86. The molecule has 8 rings (SSSR count). The third-order valence-corrected chi connectivity index (χ3v) is 17.3. The van der Waals surface area contributed by atoms with Crippen molar-refractivity contribution < 1.29 is 202 Å². The van der Waals surface area contributed by atoms with Crippen molar-refractivity contribution in [2.24, 2.45) is 0 Å². The van der Waals surface area contributed by atoms with Crippen LogP contribution in [0.15, 0.2) is 0 Å². The van der Waals surface area contributed by atoms with Gasteiger partial charge in [-0.15, -0.1) is 0 Å². The van der Waals surface area contributed by atoms with Gasteiger partial charge < -0.3 is 202 Å². The summed E-state index contributed by atoms with van der Waals surface area (Å²) >= 11 is 0. The fourth-order valence-corrected chi connectivity index (χ4v) is 12.1. The molecule has 40 atom stereocenters. The van der Waals surface area contributed by atoms with E-state index >= 15 is 0 Å². The first-order valence-corrected chi connectivity index (χ1v) is 29.7. The van der Waals surface area contributed by atoms with Crippen molar-refractivity contribution >= 4 is 0 Å². The molecule has 0 aromatic carbocycles. The highest BCUT2D eigenvalue weighted by atomic mass is 16.8. The van der Waals surface area contributed by atoms with Crippen LogP contribution in [0.5, 0.6) is 0 Å². The molecule has 22 N–H and O–H groups in total. The minimum Gasteiger partial charge on any atom is -0.394 e. The van der Waals surface area contributed by atoms with Gasteiger partial charge in [0, 0.05) is 28.4 Å². The zero-order valence-corrected chi connectivity index (χ0v) is 50.3. The number of aliphatic hydroxyl groups excluding tert-OH is 22. The molecule has 0 aromatic heterocycles. The highest BCUT2D eigenvalue weighted by Crippen LogP contribution is 2.39. The van der Waals surface area contributed by atoms with Crippen molar-refractivity contribution in [3.05, 3.63) is 0 Å². The van der Waals surface area contributed by atoms with Gasteiger partial charge in [0.1, 0.15) is 195 Å². The maximum atomic E-state index is 11.6. The zero-order chi connectivity index (χ0) is 68.2. The average molecular weight is 1370 g/mol. The fraction of sp³-hybridized carbons (Fsp3) is 1.00. The molecular formula is C52H90O41. The largest absolute Gasteiger partial charge is 0.394 e. The second-order valence-corrected chi connectivity index (χ2v) is 23.5. The lowest BCUT2D eigenvalue weighted by Gasteiger charge is -2.50. The van der Waals surface area contributed by atoms with Crippen molar-refractivity contribution in [3.8, 4) is 0 Å². The van der Waals surface area contributed by atoms with Gasteiger partial charge in [0.25, 0.3) is 0 Å². The molecule has 41 nitrogen and oxygen atoms in total. The molecule has 0 saturated carbocycles. The SMILES string of the molecule is COC[C@H]1O[C@H](O[C@H]2[C@@H](O)[C@@H](O)[C@@H](O[C@H]3[C@H](O)[C@@H](O)[C@@H](O[C@H]4[C@H](O)[C@@H](O)[C@@H](O[C@H]5[C@H](O)[C@@H](O)[C@@H](O[C@H]6[C@H](O)[C@@H](O)[C@@H](O[C@H]7[C@H](O)[C@@H](O)[C@@H](O[C@H]8[C@H](O)[C@@H](O)C(O)O[C@@H]8CO)O[C@@H]7COC)O[C@@H]6CO)O[C@@H]5COC)O[C@@H]4CO)O[C@@H]3COC)O[C@@H]2CO)[C@H](O)[C@@H](O)[C@@H]1O. The van der Waals surface area contributed by atoms with Gasteiger partial charge in [-0.3, -0.25) is 0 Å². The van der Waals surface area contributed by atoms with Crippen molar-refractivity contribution in [2.75, 3.05) is 81.3 Å². The Morgan fingerprint density at radius 1 is 0.204 bits per heavy atom. The Kier molecular flexibility index (Phi) is 28.3. The summed E-state index contributed by atoms with van der Waals surface area (Å²) in [6.45, 7) is -5.49. The summed E-state index contributed by atoms with van der Waals surface area (Å²) in [5, 5.41) is 240. The van der Waals surface area contributed by atoms with E-state index in [4.69, 9.17) is 90.0 Å². The van der Waals surface area contributed by atoms with Crippen LogP contribution in [-0.4, -0.2) is 439 Å². The van der Waals surface area contributed by atoms with Gasteiger partial charge in [0.05, 0.1) is 52.9 Å². The van der Waals surface area contributed by atoms with Crippen molar-refractivity contribution in [1.29, 1.82) is 0 Å². The molecule has 0 aliphatic carbocycles. The molecule has 0 bridgehead atoms. The van der Waals surface area contributed by atoms with Crippen LogP contribution < -0.4 is 0 Å². The van der Waals surface area contributed by atoms with E-state index in [2.05, 4.69) is 0 Å². The third kappa shape index (κ3) is 16.6. The predicted molar refractivity (Wildman–Crippen MR) is 284 cm³/mol. The van der Waals surface area contributed by atoms with Crippen LogP contribution in [-0.2, 0) is 90.0 Å². The van der Waals surface area contributed by atoms with Crippen LogP contribution in [0.3, 0.4) is 0 Å². The molecule has 8 aliphatic rings. The second kappa shape index (κ2) is 34.1. The van der Waals surface area contributed by atoms with E-state index in [0.717, 1.165) is 0 Å². The molecule has 0 amide bonds. The van der Waals surface area contributed by atoms with E-state index in [0.29, 0.717) is 0 Å². The van der Waals surface area contributed by atoms with Gasteiger partial charge in [0.2, 0.25) is 0 Å². The minimum absolute atomic E-state index is 0.269. The molecule has 41 heteroatoms. The molecule has 0 spiro atoms. The summed E-state index contributed by atoms with van der Waals surface area (Å²) in [5.41, 5.74) is 0. The van der Waals surface area contributed by atoms with Crippen LogP contribution >= 0.6 is 0 Å². The molecule has 8 heterocycles. The molecule has 8 fully saturated rings. The number of hydrogen-bond donors (Lipinski definition) is 22. The first-order valence-electron chi connectivity index (χ1n) is 29.7. The molecular weight excluding hydrogens is 1280 g/mol. The Morgan fingerprint density at radius 3 is 0.624 bits per heavy atom. The summed E-state index contributed by atoms with van der Waals surface area (Å²) in [5.74, 6) is 0. The van der Waals surface area contributed by atoms with Crippen LogP contribution in [0.2, 0.25) is 0 Å². The van der Waals surface area contributed by atoms with Crippen LogP contribution in [0.4, 0.5) is 0 Å². The highest BCUT2D eigenvalue weighted by molar-refractivity contribution is 5.02. The maximum Gasteiger partial charge on any atom is 0.187 e. The van der Waals surface area contributed by atoms with Gasteiger partial charge in [0.15, 0.2) is 50.3 Å². The lowest BCUT2D eigenvalue weighted by Crippen LogP contribution is -2.68. The first kappa shape index (κ1) is 77.1. The lowest BCUT2D eigenvalue weighted by atomic mass is 9.95. The Balaban J connectivity index is 0.871. The Bertz CT molecular complexity index is 2200. The fourth-order valence-electron chi connectivity index (χ4n) is 12.1. The maximum absolute atomic E-state index is 11.6. The summed E-state index contributed by atoms with van der Waals surface area (Å²) in [6.07, 6.45) is -74.3. The molecule has 8 saturated heterocycles. The van der Waals surface area contributed by atoms with Gasteiger partial charge in [-0.1, -0.05) is 0 Å².